The van der Waals surface area contributed by atoms with Crippen LogP contribution >= 0.6 is 0 Å². The van der Waals surface area contributed by atoms with Crippen molar-refractivity contribution < 1.29 is 5.11 Å². The van der Waals surface area contributed by atoms with E-state index in [9.17, 15) is 0 Å². The number of aliphatic hydroxyl groups is 1. The van der Waals surface area contributed by atoms with Gasteiger partial charge in [0, 0.05) is 17.8 Å². The highest BCUT2D eigenvalue weighted by atomic mass is 16.2. The lowest BCUT2D eigenvalue weighted by atomic mass is 10.3. The molecule has 1 aromatic heterocycles. The smallest absolute Gasteiger partial charge is 0.205 e. The molecule has 0 unspecified atom stereocenters. The Bertz CT molecular complexity index is 329. The van der Waals surface area contributed by atoms with Gasteiger partial charge in [0.2, 0.25) is 5.82 Å². The molecule has 0 aliphatic heterocycles. The van der Waals surface area contributed by atoms with Crippen molar-refractivity contribution in [2.24, 2.45) is 0 Å². The van der Waals surface area contributed by atoms with Crippen molar-refractivity contribution >= 4 is 0 Å². The van der Waals surface area contributed by atoms with Crippen LogP contribution in [0, 0.1) is 25.7 Å². The molecule has 13 heavy (non-hydrogen) atoms. The minimum atomic E-state index is 0.0811. The van der Waals surface area contributed by atoms with Gasteiger partial charge in [-0.25, -0.2) is 9.97 Å². The number of aliphatic hydroxyl groups excluding tert-OH is 1. The lowest BCUT2D eigenvalue weighted by molar-refractivity contribution is 0.305. The highest BCUT2D eigenvalue weighted by Gasteiger charge is 1.93. The summed E-state index contributed by atoms with van der Waals surface area (Å²) < 4.78 is 0. The fourth-order valence-electron chi connectivity index (χ4n) is 0.979. The minimum Gasteiger partial charge on any atom is -0.395 e. The standard InChI is InChI=1S/C10H12N2O/c1-8-7-9(2)12-10(11-8)5-3-4-6-13/h7,13H,4,6H2,1-2H3. The van der Waals surface area contributed by atoms with Crippen LogP contribution in [0.15, 0.2) is 6.07 Å². The van der Waals surface area contributed by atoms with Crippen LogP contribution in [0.4, 0.5) is 0 Å². The van der Waals surface area contributed by atoms with Crippen LogP contribution in [0.2, 0.25) is 0 Å². The molecule has 0 atom stereocenters. The third kappa shape index (κ3) is 3.22. The van der Waals surface area contributed by atoms with Crippen LogP contribution in [0.1, 0.15) is 23.6 Å². The second-order valence-corrected chi connectivity index (χ2v) is 2.75. The zero-order chi connectivity index (χ0) is 9.68. The van der Waals surface area contributed by atoms with Gasteiger partial charge in [-0.15, -0.1) is 0 Å². The van der Waals surface area contributed by atoms with E-state index < -0.39 is 0 Å². The van der Waals surface area contributed by atoms with Crippen LogP contribution < -0.4 is 0 Å². The van der Waals surface area contributed by atoms with Crippen molar-refractivity contribution in [3.63, 3.8) is 0 Å². The van der Waals surface area contributed by atoms with Crippen molar-refractivity contribution in [3.8, 4) is 11.8 Å². The first-order chi connectivity index (χ1) is 6.22. The molecular weight excluding hydrogens is 164 g/mol. The molecule has 1 heterocycles. The van der Waals surface area contributed by atoms with Crippen LogP contribution in [-0.4, -0.2) is 21.7 Å². The van der Waals surface area contributed by atoms with Gasteiger partial charge >= 0.3 is 0 Å². The zero-order valence-electron chi connectivity index (χ0n) is 7.83. The third-order valence-electron chi connectivity index (χ3n) is 1.42. The largest absolute Gasteiger partial charge is 0.395 e. The summed E-state index contributed by atoms with van der Waals surface area (Å²) in [7, 11) is 0. The Morgan fingerprint density at radius 3 is 2.46 bits per heavy atom. The molecule has 3 nitrogen and oxygen atoms in total. The summed E-state index contributed by atoms with van der Waals surface area (Å²) >= 11 is 0. The topological polar surface area (TPSA) is 46.0 Å². The van der Waals surface area contributed by atoms with Crippen LogP contribution in [0.3, 0.4) is 0 Å². The van der Waals surface area contributed by atoms with E-state index in [0.29, 0.717) is 12.2 Å². The lowest BCUT2D eigenvalue weighted by Crippen LogP contribution is -1.94. The summed E-state index contributed by atoms with van der Waals surface area (Å²) in [5.41, 5.74) is 1.83. The lowest BCUT2D eigenvalue weighted by Gasteiger charge is -1.95. The molecule has 0 spiro atoms. The monoisotopic (exact) mass is 176 g/mol. The van der Waals surface area contributed by atoms with Gasteiger partial charge in [0.15, 0.2) is 0 Å². The van der Waals surface area contributed by atoms with Gasteiger partial charge in [-0.05, 0) is 25.8 Å². The maximum atomic E-state index is 8.51. The molecule has 68 valence electrons. The minimum absolute atomic E-state index is 0.0811. The maximum Gasteiger partial charge on any atom is 0.205 e. The molecule has 1 aromatic rings. The van der Waals surface area contributed by atoms with E-state index >= 15 is 0 Å². The molecule has 0 amide bonds. The molecule has 0 saturated heterocycles. The Morgan fingerprint density at radius 2 is 1.92 bits per heavy atom. The third-order valence-corrected chi connectivity index (χ3v) is 1.42. The summed E-state index contributed by atoms with van der Waals surface area (Å²) in [6.07, 6.45) is 0.469. The number of hydrogen-bond acceptors (Lipinski definition) is 3. The zero-order valence-corrected chi connectivity index (χ0v) is 7.83. The number of hydrogen-bond donors (Lipinski definition) is 1. The summed E-state index contributed by atoms with van der Waals surface area (Å²) in [6, 6.07) is 1.90. The van der Waals surface area contributed by atoms with Crippen LogP contribution in [0.25, 0.3) is 0 Å². The maximum absolute atomic E-state index is 8.51. The molecule has 0 aliphatic rings. The number of rotatable bonds is 1. The van der Waals surface area contributed by atoms with Crippen LogP contribution in [-0.2, 0) is 0 Å². The number of nitrogens with zero attached hydrogens (tertiary/aromatic N) is 2. The Hall–Kier alpha value is -1.40. The molecule has 0 bridgehead atoms. The Kier molecular flexibility index (Phi) is 3.41. The summed E-state index contributed by atoms with van der Waals surface area (Å²) in [6.45, 7) is 3.90. The second-order valence-electron chi connectivity index (χ2n) is 2.75. The Balaban J connectivity index is 2.85. The molecule has 0 aliphatic carbocycles. The summed E-state index contributed by atoms with van der Waals surface area (Å²) in [4.78, 5) is 8.28. The molecule has 0 aromatic carbocycles. The van der Waals surface area contributed by atoms with E-state index in [1.54, 1.807) is 0 Å². The molecular formula is C10H12N2O. The normalized spacial score (nSPS) is 9.15. The van der Waals surface area contributed by atoms with E-state index in [4.69, 9.17) is 5.11 Å². The summed E-state index contributed by atoms with van der Waals surface area (Å²) in [5.74, 6) is 6.11. The van der Waals surface area contributed by atoms with E-state index in [1.807, 2.05) is 19.9 Å². The van der Waals surface area contributed by atoms with Crippen molar-refractivity contribution in [3.05, 3.63) is 23.3 Å². The van der Waals surface area contributed by atoms with E-state index in [0.717, 1.165) is 11.4 Å². The van der Waals surface area contributed by atoms with Gasteiger partial charge in [-0.1, -0.05) is 5.92 Å². The van der Waals surface area contributed by atoms with Crippen molar-refractivity contribution in [2.45, 2.75) is 20.3 Å². The first-order valence-electron chi connectivity index (χ1n) is 4.14. The first kappa shape index (κ1) is 9.69. The average Bonchev–Trinajstić information content (AvgIpc) is 2.03. The molecule has 0 radical (unpaired) electrons. The van der Waals surface area contributed by atoms with Gasteiger partial charge < -0.3 is 5.11 Å². The highest BCUT2D eigenvalue weighted by Crippen LogP contribution is 1.97. The first-order valence-corrected chi connectivity index (χ1v) is 4.14. The average molecular weight is 176 g/mol. The Labute approximate surface area is 77.9 Å². The molecule has 0 saturated carbocycles. The Morgan fingerprint density at radius 1 is 1.31 bits per heavy atom. The molecule has 1 rings (SSSR count). The quantitative estimate of drug-likeness (QED) is 0.644. The summed E-state index contributed by atoms with van der Waals surface area (Å²) in [5, 5.41) is 8.51. The highest BCUT2D eigenvalue weighted by molar-refractivity contribution is 5.23. The van der Waals surface area contributed by atoms with E-state index in [1.165, 1.54) is 0 Å². The molecule has 1 N–H and O–H groups in total. The van der Waals surface area contributed by atoms with Crippen molar-refractivity contribution in [1.82, 2.24) is 9.97 Å². The fourth-order valence-corrected chi connectivity index (χ4v) is 0.979. The number of aryl methyl sites for hydroxylation is 2. The van der Waals surface area contributed by atoms with E-state index in [2.05, 4.69) is 21.8 Å². The van der Waals surface area contributed by atoms with Gasteiger partial charge in [0.25, 0.3) is 0 Å². The van der Waals surface area contributed by atoms with Gasteiger partial charge in [-0.3, -0.25) is 0 Å². The van der Waals surface area contributed by atoms with Crippen LogP contribution in [0.5, 0.6) is 0 Å². The van der Waals surface area contributed by atoms with Crippen molar-refractivity contribution in [2.75, 3.05) is 6.61 Å². The molecule has 3 heteroatoms. The van der Waals surface area contributed by atoms with Crippen molar-refractivity contribution in [1.29, 1.82) is 0 Å². The predicted molar refractivity (Wildman–Crippen MR) is 50.1 cm³/mol. The molecule has 0 fully saturated rings. The van der Waals surface area contributed by atoms with E-state index in [-0.39, 0.29) is 6.61 Å². The van der Waals surface area contributed by atoms with Gasteiger partial charge in [0.05, 0.1) is 6.61 Å². The SMILES string of the molecule is Cc1cc(C)nc(C#CCCO)n1. The second kappa shape index (κ2) is 4.58. The van der Waals surface area contributed by atoms with Gasteiger partial charge in [-0.2, -0.15) is 0 Å². The van der Waals surface area contributed by atoms with Gasteiger partial charge in [0.1, 0.15) is 0 Å². The fraction of sp³-hybridized carbons (Fsp3) is 0.400. The number of aromatic nitrogens is 2. The predicted octanol–water partition coefficient (Wildman–Crippen LogP) is 0.827.